The number of hydrogen-bond acceptors (Lipinski definition) is 5. The highest BCUT2D eigenvalue weighted by molar-refractivity contribution is 5.65. The van der Waals surface area contributed by atoms with Crippen molar-refractivity contribution in [1.29, 1.82) is 0 Å². The van der Waals surface area contributed by atoms with E-state index in [1.54, 1.807) is 6.20 Å². The number of hydrogen-bond donors (Lipinski definition) is 3. The molecule has 3 rings (SSSR count). The summed E-state index contributed by atoms with van der Waals surface area (Å²) in [4.78, 5) is 18.9. The number of pyridine rings is 1. The van der Waals surface area contributed by atoms with Gasteiger partial charge < -0.3 is 25.3 Å². The van der Waals surface area contributed by atoms with E-state index in [9.17, 15) is 9.90 Å². The van der Waals surface area contributed by atoms with Crippen LogP contribution in [0.1, 0.15) is 32.1 Å². The summed E-state index contributed by atoms with van der Waals surface area (Å²) in [6.07, 6.45) is 6.05. The minimum atomic E-state index is -0.859. The normalized spacial score (nSPS) is 20.7. The third kappa shape index (κ3) is 4.08. The monoisotopic (exact) mass is 334 g/mol. The van der Waals surface area contributed by atoms with Crippen LogP contribution >= 0.6 is 0 Å². The molecular formula is C17H26N4O3. The number of anilines is 2. The van der Waals surface area contributed by atoms with Gasteiger partial charge in [-0.05, 0) is 25.0 Å². The molecule has 0 spiro atoms. The van der Waals surface area contributed by atoms with Crippen molar-refractivity contribution in [1.82, 2.24) is 9.88 Å². The van der Waals surface area contributed by atoms with Crippen LogP contribution in [0.2, 0.25) is 0 Å². The Balaban J connectivity index is 1.51. The van der Waals surface area contributed by atoms with Crippen LogP contribution in [0.25, 0.3) is 0 Å². The minimum absolute atomic E-state index is 0.504. The number of carbonyl (C=O) groups is 1. The molecule has 24 heavy (non-hydrogen) atoms. The highest BCUT2D eigenvalue weighted by Crippen LogP contribution is 2.28. The van der Waals surface area contributed by atoms with Gasteiger partial charge in [0, 0.05) is 32.7 Å². The second kappa shape index (κ2) is 7.25. The van der Waals surface area contributed by atoms with Crippen LogP contribution in [0.4, 0.5) is 16.3 Å². The number of nitrogens with one attached hydrogen (secondary N) is 1. The van der Waals surface area contributed by atoms with Crippen LogP contribution in [0.3, 0.4) is 0 Å². The highest BCUT2D eigenvalue weighted by Gasteiger charge is 2.28. The third-order valence-electron chi connectivity index (χ3n) is 5.03. The van der Waals surface area contributed by atoms with E-state index in [2.05, 4.69) is 15.2 Å². The number of rotatable bonds is 4. The van der Waals surface area contributed by atoms with E-state index in [0.717, 1.165) is 37.2 Å². The van der Waals surface area contributed by atoms with Gasteiger partial charge in [0.1, 0.15) is 5.82 Å². The van der Waals surface area contributed by atoms with Crippen molar-refractivity contribution in [2.75, 3.05) is 42.9 Å². The number of aromatic nitrogens is 1. The lowest BCUT2D eigenvalue weighted by Crippen LogP contribution is -2.48. The fraction of sp³-hybridized carbons (Fsp3) is 0.647. The molecule has 0 atom stereocenters. The molecule has 1 saturated carbocycles. The van der Waals surface area contributed by atoms with Crippen LogP contribution in [0.5, 0.6) is 0 Å². The first-order chi connectivity index (χ1) is 11.6. The zero-order chi connectivity index (χ0) is 17.0. The van der Waals surface area contributed by atoms with Gasteiger partial charge in [-0.25, -0.2) is 9.78 Å². The number of nitrogens with zero attached hydrogens (tertiary/aromatic N) is 3. The molecule has 1 aromatic heterocycles. The Morgan fingerprint density at radius 2 is 1.88 bits per heavy atom. The molecule has 1 aliphatic carbocycles. The Morgan fingerprint density at radius 3 is 2.46 bits per heavy atom. The molecule has 7 heteroatoms. The van der Waals surface area contributed by atoms with Crippen LogP contribution < -0.4 is 10.2 Å². The standard InChI is InChI=1S/C17H26N4O3/c22-16(23)21-10-8-20(9-11-21)15-5-4-14(12-18-15)19-13-17(24)6-2-1-3-7-17/h4-5,12,19,24H,1-3,6-11,13H2,(H,22,23). The largest absolute Gasteiger partial charge is 0.465 e. The van der Waals surface area contributed by atoms with Gasteiger partial charge >= 0.3 is 6.09 Å². The van der Waals surface area contributed by atoms with Gasteiger partial charge in [-0.3, -0.25) is 0 Å². The van der Waals surface area contributed by atoms with Crippen molar-refractivity contribution < 1.29 is 15.0 Å². The number of carboxylic acid groups (broad SMARTS) is 1. The molecular weight excluding hydrogens is 308 g/mol. The summed E-state index contributed by atoms with van der Waals surface area (Å²) in [6, 6.07) is 3.92. The summed E-state index contributed by atoms with van der Waals surface area (Å²) >= 11 is 0. The quantitative estimate of drug-likeness (QED) is 0.780. The molecule has 132 valence electrons. The summed E-state index contributed by atoms with van der Waals surface area (Å²) in [5, 5.41) is 22.8. The molecule has 1 saturated heterocycles. The smallest absolute Gasteiger partial charge is 0.407 e. The van der Waals surface area contributed by atoms with Crippen molar-refractivity contribution in [3.05, 3.63) is 18.3 Å². The number of aliphatic hydroxyl groups is 1. The van der Waals surface area contributed by atoms with E-state index < -0.39 is 11.7 Å². The topological polar surface area (TPSA) is 88.9 Å². The van der Waals surface area contributed by atoms with E-state index in [1.165, 1.54) is 11.3 Å². The Bertz CT molecular complexity index is 549. The molecule has 7 nitrogen and oxygen atoms in total. The van der Waals surface area contributed by atoms with Crippen LogP contribution in [0.15, 0.2) is 18.3 Å². The fourth-order valence-electron chi connectivity index (χ4n) is 3.46. The van der Waals surface area contributed by atoms with Crippen molar-refractivity contribution in [3.8, 4) is 0 Å². The van der Waals surface area contributed by atoms with E-state index in [4.69, 9.17) is 5.11 Å². The van der Waals surface area contributed by atoms with E-state index >= 15 is 0 Å². The SMILES string of the molecule is O=C(O)N1CCN(c2ccc(NCC3(O)CCCCC3)cn2)CC1. The Labute approximate surface area is 142 Å². The van der Waals surface area contributed by atoms with E-state index in [1.807, 2.05) is 12.1 Å². The lowest BCUT2D eigenvalue weighted by atomic mass is 9.85. The van der Waals surface area contributed by atoms with Crippen LogP contribution in [-0.2, 0) is 0 Å². The predicted molar refractivity (Wildman–Crippen MR) is 92.6 cm³/mol. The zero-order valence-electron chi connectivity index (χ0n) is 13.9. The molecule has 0 radical (unpaired) electrons. The summed E-state index contributed by atoms with van der Waals surface area (Å²) in [5.41, 5.74) is 0.311. The predicted octanol–water partition coefficient (Wildman–Crippen LogP) is 1.99. The molecule has 1 amide bonds. The lowest BCUT2D eigenvalue weighted by Gasteiger charge is -2.34. The van der Waals surface area contributed by atoms with E-state index in [0.29, 0.717) is 32.7 Å². The van der Waals surface area contributed by atoms with Crippen molar-refractivity contribution in [2.45, 2.75) is 37.7 Å². The molecule has 0 unspecified atom stereocenters. The van der Waals surface area contributed by atoms with Crippen molar-refractivity contribution >= 4 is 17.6 Å². The van der Waals surface area contributed by atoms with Crippen LogP contribution in [0, 0.1) is 0 Å². The summed E-state index contributed by atoms with van der Waals surface area (Å²) in [6.45, 7) is 2.89. The fourth-order valence-corrected chi connectivity index (χ4v) is 3.46. The van der Waals surface area contributed by atoms with Gasteiger partial charge in [0.25, 0.3) is 0 Å². The first kappa shape index (κ1) is 16.8. The first-order valence-corrected chi connectivity index (χ1v) is 8.71. The van der Waals surface area contributed by atoms with Gasteiger partial charge in [-0.2, -0.15) is 0 Å². The summed E-state index contributed by atoms with van der Waals surface area (Å²) in [5.74, 6) is 0.863. The third-order valence-corrected chi connectivity index (χ3v) is 5.03. The molecule has 0 aromatic carbocycles. The minimum Gasteiger partial charge on any atom is -0.465 e. The van der Waals surface area contributed by atoms with Crippen LogP contribution in [-0.4, -0.2) is 64.5 Å². The van der Waals surface area contributed by atoms with Gasteiger partial charge in [-0.15, -0.1) is 0 Å². The number of piperazine rings is 1. The maximum absolute atomic E-state index is 10.9. The van der Waals surface area contributed by atoms with Gasteiger partial charge in [0.2, 0.25) is 0 Å². The first-order valence-electron chi connectivity index (χ1n) is 8.71. The average Bonchev–Trinajstić information content (AvgIpc) is 2.61. The molecule has 3 N–H and O–H groups in total. The summed E-state index contributed by atoms with van der Waals surface area (Å²) in [7, 11) is 0. The lowest BCUT2D eigenvalue weighted by molar-refractivity contribution is 0.0167. The second-order valence-electron chi connectivity index (χ2n) is 6.80. The van der Waals surface area contributed by atoms with E-state index in [-0.39, 0.29) is 0 Å². The van der Waals surface area contributed by atoms with Gasteiger partial charge in [0.15, 0.2) is 0 Å². The molecule has 2 heterocycles. The maximum Gasteiger partial charge on any atom is 0.407 e. The molecule has 2 aliphatic rings. The van der Waals surface area contributed by atoms with Gasteiger partial charge in [-0.1, -0.05) is 19.3 Å². The summed E-state index contributed by atoms with van der Waals surface area (Å²) < 4.78 is 0. The van der Waals surface area contributed by atoms with Gasteiger partial charge in [0.05, 0.1) is 17.5 Å². The Hall–Kier alpha value is -2.02. The molecule has 0 bridgehead atoms. The molecule has 1 aromatic rings. The Morgan fingerprint density at radius 1 is 1.17 bits per heavy atom. The zero-order valence-corrected chi connectivity index (χ0v) is 13.9. The Kier molecular flexibility index (Phi) is 5.08. The van der Waals surface area contributed by atoms with Crippen molar-refractivity contribution in [3.63, 3.8) is 0 Å². The maximum atomic E-state index is 10.9. The molecule has 2 fully saturated rings. The average molecular weight is 334 g/mol. The molecule has 1 aliphatic heterocycles. The highest BCUT2D eigenvalue weighted by atomic mass is 16.4. The van der Waals surface area contributed by atoms with Crippen molar-refractivity contribution in [2.24, 2.45) is 0 Å². The second-order valence-corrected chi connectivity index (χ2v) is 6.80. The number of amides is 1.